The molecule has 6 N–H and O–H groups in total. The predicted molar refractivity (Wildman–Crippen MR) is 184 cm³/mol. The fraction of sp³-hybridized carbons (Fsp3) is 0.273. The number of thioether (sulfide) groups is 1. The van der Waals surface area contributed by atoms with Crippen LogP contribution in [0.1, 0.15) is 30.0 Å². The minimum Gasteiger partial charge on any atom is -0.508 e. The number of aromatic hydroxyl groups is 1. The highest BCUT2D eigenvalue weighted by Gasteiger charge is 2.42. The third-order valence-electron chi connectivity index (χ3n) is 7.65. The Balaban J connectivity index is 1.80. The molecule has 0 spiro atoms. The first-order chi connectivity index (χ1) is 23.2. The number of phenolic OH excluding ortho intramolecular Hbond substituents is 1. The van der Waals surface area contributed by atoms with Gasteiger partial charge in [-0.2, -0.15) is 11.8 Å². The molecule has 1 heterocycles. The number of benzodiazepines with no additional fused rings is 1. The number of nitrogens with zero attached hydrogens (tertiary/aromatic N) is 3. The monoisotopic (exact) mass is 709 g/mol. The SMILES string of the molecule is CSCC[C@H](N)C(=O)C(=O)CN1C(=O)[C@H](NC(=O)[C@H](Cc2ccc(O)cc2)N(C(C)=O)P(=O)(O)O)N=C(c2ccccc2)c2ccccc21. The maximum Gasteiger partial charge on any atom is 0.433 e. The number of nitrogens with one attached hydrogen (secondary N) is 1. The van der Waals surface area contributed by atoms with Crippen LogP contribution in [0.2, 0.25) is 0 Å². The Morgan fingerprint density at radius 3 is 2.27 bits per heavy atom. The number of para-hydroxylation sites is 1. The predicted octanol–water partition coefficient (Wildman–Crippen LogP) is 1.79. The molecular formula is C33H36N5O9PS. The third kappa shape index (κ3) is 9.08. The number of ketones is 2. The molecule has 0 bridgehead atoms. The molecule has 14 nitrogen and oxygen atoms in total. The number of carbonyl (C=O) groups is 5. The lowest BCUT2D eigenvalue weighted by molar-refractivity contribution is -0.137. The number of fused-ring (bicyclic) bond motifs is 1. The van der Waals surface area contributed by atoms with E-state index in [0.29, 0.717) is 22.4 Å². The molecular weight excluding hydrogens is 673 g/mol. The Kier molecular flexibility index (Phi) is 12.3. The summed E-state index contributed by atoms with van der Waals surface area (Å²) in [6.07, 6.45) is -0.131. The fourth-order valence-electron chi connectivity index (χ4n) is 5.28. The Morgan fingerprint density at radius 1 is 1.02 bits per heavy atom. The van der Waals surface area contributed by atoms with Gasteiger partial charge in [-0.3, -0.25) is 24.0 Å². The van der Waals surface area contributed by atoms with Crippen LogP contribution in [-0.4, -0.2) is 91.4 Å². The smallest absolute Gasteiger partial charge is 0.433 e. The summed E-state index contributed by atoms with van der Waals surface area (Å²) in [6, 6.07) is 17.6. The van der Waals surface area contributed by atoms with E-state index in [9.17, 15) is 43.4 Å². The zero-order valence-electron chi connectivity index (χ0n) is 26.6. The summed E-state index contributed by atoms with van der Waals surface area (Å²) in [6.45, 7) is 0.147. The van der Waals surface area contributed by atoms with Crippen molar-refractivity contribution in [1.29, 1.82) is 0 Å². The number of benzene rings is 3. The van der Waals surface area contributed by atoms with Crippen LogP contribution in [0.15, 0.2) is 83.9 Å². The maximum atomic E-state index is 14.3. The van der Waals surface area contributed by atoms with E-state index >= 15 is 0 Å². The Bertz CT molecular complexity index is 1800. The molecule has 3 aromatic rings. The van der Waals surface area contributed by atoms with Crippen molar-refractivity contribution < 1.29 is 43.4 Å². The van der Waals surface area contributed by atoms with E-state index in [4.69, 9.17) is 5.73 Å². The van der Waals surface area contributed by atoms with Crippen LogP contribution in [0.25, 0.3) is 0 Å². The summed E-state index contributed by atoms with van der Waals surface area (Å²) in [5.41, 5.74) is 7.69. The van der Waals surface area contributed by atoms with Gasteiger partial charge in [0.1, 0.15) is 11.8 Å². The lowest BCUT2D eigenvalue weighted by Crippen LogP contribution is -2.55. The molecule has 0 fully saturated rings. The number of amides is 3. The van der Waals surface area contributed by atoms with Crippen molar-refractivity contribution in [3.05, 3.63) is 95.6 Å². The molecule has 3 aromatic carbocycles. The first-order valence-corrected chi connectivity index (χ1v) is 18.0. The van der Waals surface area contributed by atoms with Gasteiger partial charge < -0.3 is 30.8 Å². The molecule has 49 heavy (non-hydrogen) atoms. The van der Waals surface area contributed by atoms with Gasteiger partial charge in [0, 0.05) is 24.5 Å². The highest BCUT2D eigenvalue weighted by Crippen LogP contribution is 2.42. The second kappa shape index (κ2) is 16.2. The Hall–Kier alpha value is -4.66. The molecule has 16 heteroatoms. The van der Waals surface area contributed by atoms with Gasteiger partial charge >= 0.3 is 7.75 Å². The van der Waals surface area contributed by atoms with Crippen molar-refractivity contribution >= 4 is 60.2 Å². The van der Waals surface area contributed by atoms with Crippen LogP contribution < -0.4 is 16.0 Å². The number of anilines is 1. The normalized spacial score (nSPS) is 15.7. The minimum absolute atomic E-state index is 0.104. The molecule has 3 amide bonds. The van der Waals surface area contributed by atoms with Gasteiger partial charge in [0.2, 0.25) is 29.5 Å². The molecule has 0 aromatic heterocycles. The standard InChI is InChI=1S/C33H36N5O9PS/c1-20(39)38(48(45,46)47)27(18-21-12-14-23(40)15-13-21)32(43)36-31-33(44)37(19-28(41)30(42)25(34)16-17-49-2)26-11-7-6-10-24(26)29(35-31)22-8-4-3-5-9-22/h3-15,25,27,31,40H,16-19,34H2,1-2H3,(H,36,43)(H2,45,46,47)/t25-,27-,31-/m0/s1. The van der Waals surface area contributed by atoms with Gasteiger partial charge in [0.25, 0.3) is 5.91 Å². The van der Waals surface area contributed by atoms with Crippen molar-refractivity contribution in [3.8, 4) is 5.75 Å². The molecule has 0 unspecified atom stereocenters. The summed E-state index contributed by atoms with van der Waals surface area (Å²) >= 11 is 1.45. The molecule has 3 atom stereocenters. The molecule has 0 radical (unpaired) electrons. The van der Waals surface area contributed by atoms with Gasteiger partial charge in [-0.1, -0.05) is 60.7 Å². The van der Waals surface area contributed by atoms with Crippen molar-refractivity contribution in [1.82, 2.24) is 9.99 Å². The molecule has 0 saturated heterocycles. The van der Waals surface area contributed by atoms with E-state index in [1.165, 1.54) is 36.0 Å². The lowest BCUT2D eigenvalue weighted by Gasteiger charge is -2.31. The van der Waals surface area contributed by atoms with E-state index in [2.05, 4.69) is 10.3 Å². The molecule has 0 saturated carbocycles. The third-order valence-corrected chi connectivity index (χ3v) is 9.41. The van der Waals surface area contributed by atoms with E-state index in [0.717, 1.165) is 11.8 Å². The van der Waals surface area contributed by atoms with Crippen molar-refractivity contribution in [3.63, 3.8) is 0 Å². The number of carbonyl (C=O) groups excluding carboxylic acids is 5. The molecule has 1 aliphatic rings. The first kappa shape index (κ1) is 37.2. The number of rotatable bonds is 14. The van der Waals surface area contributed by atoms with Crippen LogP contribution >= 0.6 is 19.5 Å². The highest BCUT2D eigenvalue weighted by molar-refractivity contribution is 7.98. The second-order valence-electron chi connectivity index (χ2n) is 11.1. The largest absolute Gasteiger partial charge is 0.508 e. The van der Waals surface area contributed by atoms with Crippen LogP contribution in [-0.2, 0) is 35.0 Å². The average Bonchev–Trinajstić information content (AvgIpc) is 3.17. The summed E-state index contributed by atoms with van der Waals surface area (Å²) in [5, 5.41) is 12.1. The summed E-state index contributed by atoms with van der Waals surface area (Å²) in [4.78, 5) is 92.9. The van der Waals surface area contributed by atoms with Crippen LogP contribution in [0.3, 0.4) is 0 Å². The number of phenols is 1. The van der Waals surface area contributed by atoms with Gasteiger partial charge in [-0.25, -0.2) is 14.2 Å². The Morgan fingerprint density at radius 2 is 1.65 bits per heavy atom. The van der Waals surface area contributed by atoms with Gasteiger partial charge in [-0.05, 0) is 42.2 Å². The number of hydrogen-bond acceptors (Lipinski definition) is 10. The topological polar surface area (TPSA) is 220 Å². The van der Waals surface area contributed by atoms with Crippen LogP contribution in [0.5, 0.6) is 5.75 Å². The van der Waals surface area contributed by atoms with Crippen molar-refractivity contribution in [2.24, 2.45) is 10.7 Å². The second-order valence-corrected chi connectivity index (χ2v) is 13.6. The zero-order valence-corrected chi connectivity index (χ0v) is 28.3. The van der Waals surface area contributed by atoms with E-state index in [1.54, 1.807) is 54.6 Å². The summed E-state index contributed by atoms with van der Waals surface area (Å²) in [5.74, 6) is -4.59. The quantitative estimate of drug-likeness (QED) is 0.120. The van der Waals surface area contributed by atoms with Crippen molar-refractivity contribution in [2.45, 2.75) is 38.0 Å². The number of nitrogens with two attached hydrogens (primary N) is 1. The number of hydrogen-bond donors (Lipinski definition) is 5. The molecule has 1 aliphatic heterocycles. The fourth-order valence-corrected chi connectivity index (χ4v) is 6.68. The summed E-state index contributed by atoms with van der Waals surface area (Å²) < 4.78 is 12.6. The summed E-state index contributed by atoms with van der Waals surface area (Å²) in [7, 11) is -5.39. The van der Waals surface area contributed by atoms with Crippen molar-refractivity contribution in [2.75, 3.05) is 23.5 Å². The lowest BCUT2D eigenvalue weighted by atomic mass is 10.00. The first-order valence-electron chi connectivity index (χ1n) is 15.0. The average molecular weight is 710 g/mol. The van der Waals surface area contributed by atoms with Crippen LogP contribution in [0.4, 0.5) is 5.69 Å². The number of aliphatic imine (C=N–C) groups is 1. The maximum absolute atomic E-state index is 14.3. The zero-order chi connectivity index (χ0) is 35.9. The van der Waals surface area contributed by atoms with Gasteiger partial charge in [-0.15, -0.1) is 0 Å². The van der Waals surface area contributed by atoms with E-state index < -0.39 is 68.2 Å². The minimum atomic E-state index is -5.39. The highest BCUT2D eigenvalue weighted by atomic mass is 32.2. The molecule has 0 aliphatic carbocycles. The van der Waals surface area contributed by atoms with Crippen LogP contribution in [0, 0.1) is 0 Å². The number of Topliss-reactive ketones (excluding diaryl/α,β-unsaturated/α-hetero) is 2. The Labute approximate surface area is 286 Å². The molecule has 4 rings (SSSR count). The van der Waals surface area contributed by atoms with Gasteiger partial charge in [0.05, 0.1) is 24.0 Å². The van der Waals surface area contributed by atoms with Gasteiger partial charge in [0.15, 0.2) is 0 Å². The molecule has 258 valence electrons. The van der Waals surface area contributed by atoms with E-state index in [1.807, 2.05) is 6.26 Å². The van der Waals surface area contributed by atoms with E-state index in [-0.39, 0.29) is 28.2 Å².